The molecule has 0 amide bonds. The Morgan fingerprint density at radius 3 is 2.65 bits per heavy atom. The molecule has 0 N–H and O–H groups in total. The first-order valence-corrected chi connectivity index (χ1v) is 6.54. The molecule has 0 saturated heterocycles. The van der Waals surface area contributed by atoms with Crippen LogP contribution in [0.5, 0.6) is 5.75 Å². The Balaban J connectivity index is 2.17. The van der Waals surface area contributed by atoms with Crippen LogP contribution in [0.1, 0.15) is 28.4 Å². The van der Waals surface area contributed by atoms with E-state index < -0.39 is 5.82 Å². The van der Waals surface area contributed by atoms with Crippen molar-refractivity contribution in [1.82, 2.24) is 0 Å². The van der Waals surface area contributed by atoms with Crippen LogP contribution in [-0.2, 0) is 6.61 Å². The molecule has 4 heteroatoms. The second-order valence-corrected chi connectivity index (χ2v) is 4.93. The van der Waals surface area contributed by atoms with Gasteiger partial charge in [-0.1, -0.05) is 17.7 Å². The summed E-state index contributed by atoms with van der Waals surface area (Å²) in [5, 5.41) is 0.336. The van der Waals surface area contributed by atoms with Crippen LogP contribution in [0.3, 0.4) is 0 Å². The van der Waals surface area contributed by atoms with Crippen LogP contribution >= 0.6 is 11.6 Å². The Bertz CT molecular complexity index is 633. The number of benzene rings is 2. The molecule has 20 heavy (non-hydrogen) atoms. The van der Waals surface area contributed by atoms with Gasteiger partial charge in [-0.15, -0.1) is 0 Å². The molecule has 0 aromatic heterocycles. The Morgan fingerprint density at radius 2 is 2.05 bits per heavy atom. The lowest BCUT2D eigenvalue weighted by atomic mass is 10.1. The van der Waals surface area contributed by atoms with Crippen molar-refractivity contribution in [1.29, 1.82) is 0 Å². The number of Topliss-reactive ketones (excluding diaryl/α,β-unsaturated/α-hetero) is 1. The van der Waals surface area contributed by atoms with Gasteiger partial charge in [0.25, 0.3) is 0 Å². The zero-order chi connectivity index (χ0) is 14.7. The van der Waals surface area contributed by atoms with Crippen LogP contribution in [0.2, 0.25) is 5.02 Å². The lowest BCUT2D eigenvalue weighted by Gasteiger charge is -2.11. The molecular weight excluding hydrogens is 279 g/mol. The molecular formula is C16H14ClFO2. The lowest BCUT2D eigenvalue weighted by molar-refractivity contribution is 0.101. The van der Waals surface area contributed by atoms with Crippen LogP contribution in [0.15, 0.2) is 36.4 Å². The number of halogens is 2. The third-order valence-corrected chi connectivity index (χ3v) is 3.37. The molecule has 104 valence electrons. The van der Waals surface area contributed by atoms with E-state index in [1.165, 1.54) is 13.0 Å². The van der Waals surface area contributed by atoms with Crippen molar-refractivity contribution in [2.24, 2.45) is 0 Å². The maximum absolute atomic E-state index is 13.6. The number of aryl methyl sites for hydroxylation is 1. The average Bonchev–Trinajstić information content (AvgIpc) is 2.39. The van der Waals surface area contributed by atoms with Crippen LogP contribution in [0, 0.1) is 12.7 Å². The molecule has 2 nitrogen and oxygen atoms in total. The van der Waals surface area contributed by atoms with Crippen molar-refractivity contribution in [2.75, 3.05) is 0 Å². The molecule has 0 fully saturated rings. The molecule has 0 radical (unpaired) electrons. The van der Waals surface area contributed by atoms with Gasteiger partial charge < -0.3 is 4.74 Å². The van der Waals surface area contributed by atoms with Gasteiger partial charge in [0.2, 0.25) is 0 Å². The molecule has 0 unspecified atom stereocenters. The molecule has 2 rings (SSSR count). The van der Waals surface area contributed by atoms with Crippen LogP contribution in [0.4, 0.5) is 4.39 Å². The summed E-state index contributed by atoms with van der Waals surface area (Å²) >= 11 is 5.94. The highest BCUT2D eigenvalue weighted by atomic mass is 35.5. The number of carbonyl (C=O) groups excluding carboxylic acids is 1. The van der Waals surface area contributed by atoms with Gasteiger partial charge in [0, 0.05) is 11.1 Å². The van der Waals surface area contributed by atoms with Gasteiger partial charge in [-0.2, -0.15) is 0 Å². The highest BCUT2D eigenvalue weighted by molar-refractivity contribution is 6.31. The maximum Gasteiger partial charge on any atom is 0.159 e. The number of carbonyl (C=O) groups is 1. The zero-order valence-corrected chi connectivity index (χ0v) is 12.0. The lowest BCUT2D eigenvalue weighted by Crippen LogP contribution is -2.01. The van der Waals surface area contributed by atoms with Crippen LogP contribution in [0.25, 0.3) is 0 Å². The molecule has 0 heterocycles. The first-order valence-electron chi connectivity index (χ1n) is 6.16. The van der Waals surface area contributed by atoms with E-state index in [-0.39, 0.29) is 12.4 Å². The molecule has 0 atom stereocenters. The van der Waals surface area contributed by atoms with Crippen molar-refractivity contribution < 1.29 is 13.9 Å². The summed E-state index contributed by atoms with van der Waals surface area (Å²) in [5.74, 6) is 0.210. The highest BCUT2D eigenvalue weighted by Crippen LogP contribution is 2.24. The number of ketones is 1. The Hall–Kier alpha value is -1.87. The average molecular weight is 293 g/mol. The molecule has 0 aliphatic rings. The summed E-state index contributed by atoms with van der Waals surface area (Å²) < 4.78 is 19.2. The molecule has 0 aliphatic heterocycles. The third-order valence-electron chi connectivity index (χ3n) is 3.02. The molecule has 2 aromatic carbocycles. The Kier molecular flexibility index (Phi) is 4.40. The van der Waals surface area contributed by atoms with E-state index in [4.69, 9.17) is 16.3 Å². The quantitative estimate of drug-likeness (QED) is 0.772. The second kappa shape index (κ2) is 6.06. The maximum atomic E-state index is 13.6. The van der Waals surface area contributed by atoms with Gasteiger partial charge in [-0.25, -0.2) is 4.39 Å². The smallest absolute Gasteiger partial charge is 0.159 e. The zero-order valence-electron chi connectivity index (χ0n) is 11.2. The summed E-state index contributed by atoms with van der Waals surface area (Å²) in [4.78, 5) is 11.3. The van der Waals surface area contributed by atoms with Crippen molar-refractivity contribution >= 4 is 17.4 Å². The summed E-state index contributed by atoms with van der Waals surface area (Å²) in [6, 6.07) is 9.66. The summed E-state index contributed by atoms with van der Waals surface area (Å²) in [6.07, 6.45) is 0. The fraction of sp³-hybridized carbons (Fsp3) is 0.188. The van der Waals surface area contributed by atoms with Gasteiger partial charge in [0.1, 0.15) is 18.2 Å². The number of ether oxygens (including phenoxy) is 1. The molecule has 0 spiro atoms. The fourth-order valence-electron chi connectivity index (χ4n) is 1.85. The van der Waals surface area contributed by atoms with Crippen molar-refractivity contribution in [3.63, 3.8) is 0 Å². The fourth-order valence-corrected chi connectivity index (χ4v) is 2.07. The minimum Gasteiger partial charge on any atom is -0.488 e. The predicted octanol–water partition coefficient (Wildman–Crippen LogP) is 4.57. The van der Waals surface area contributed by atoms with Gasteiger partial charge in [-0.3, -0.25) is 4.79 Å². The topological polar surface area (TPSA) is 26.3 Å². The van der Waals surface area contributed by atoms with E-state index in [2.05, 4.69) is 0 Å². The van der Waals surface area contributed by atoms with E-state index >= 15 is 0 Å². The summed E-state index contributed by atoms with van der Waals surface area (Å²) in [5.41, 5.74) is 1.77. The van der Waals surface area contributed by atoms with E-state index in [9.17, 15) is 9.18 Å². The highest BCUT2D eigenvalue weighted by Gasteiger charge is 2.09. The van der Waals surface area contributed by atoms with Crippen molar-refractivity contribution in [3.05, 3.63) is 63.9 Å². The largest absolute Gasteiger partial charge is 0.488 e. The van der Waals surface area contributed by atoms with Crippen molar-refractivity contribution in [2.45, 2.75) is 20.5 Å². The van der Waals surface area contributed by atoms with E-state index in [1.807, 2.05) is 6.92 Å². The van der Waals surface area contributed by atoms with Gasteiger partial charge >= 0.3 is 0 Å². The summed E-state index contributed by atoms with van der Waals surface area (Å²) in [7, 11) is 0. The van der Waals surface area contributed by atoms with E-state index in [0.29, 0.717) is 21.9 Å². The van der Waals surface area contributed by atoms with Gasteiger partial charge in [0.15, 0.2) is 5.78 Å². The van der Waals surface area contributed by atoms with Crippen LogP contribution in [-0.4, -0.2) is 5.78 Å². The minimum absolute atomic E-state index is 0.00296. The number of rotatable bonds is 4. The number of hydrogen-bond donors (Lipinski definition) is 0. The standard InChI is InChI=1S/C16H14ClFO2/c1-10-8-12(11(2)19)6-7-16(10)20-9-13-14(17)4-3-5-15(13)18/h3-8H,9H2,1-2H3. The third kappa shape index (κ3) is 3.17. The molecule has 0 saturated carbocycles. The predicted molar refractivity (Wildman–Crippen MR) is 76.9 cm³/mol. The normalized spacial score (nSPS) is 10.4. The minimum atomic E-state index is -0.393. The summed E-state index contributed by atoms with van der Waals surface area (Å²) in [6.45, 7) is 3.39. The van der Waals surface area contributed by atoms with Gasteiger partial charge in [-0.05, 0) is 49.7 Å². The van der Waals surface area contributed by atoms with Crippen LogP contribution < -0.4 is 4.74 Å². The number of hydrogen-bond acceptors (Lipinski definition) is 2. The SMILES string of the molecule is CC(=O)c1ccc(OCc2c(F)cccc2Cl)c(C)c1. The molecule has 0 bridgehead atoms. The van der Waals surface area contributed by atoms with Gasteiger partial charge in [0.05, 0.1) is 5.02 Å². The first kappa shape index (κ1) is 14.5. The van der Waals surface area contributed by atoms with E-state index in [0.717, 1.165) is 5.56 Å². The molecule has 0 aliphatic carbocycles. The monoisotopic (exact) mass is 292 g/mol. The Labute approximate surface area is 122 Å². The second-order valence-electron chi connectivity index (χ2n) is 4.53. The molecule has 2 aromatic rings. The first-order chi connectivity index (χ1) is 9.49. The van der Waals surface area contributed by atoms with Crippen molar-refractivity contribution in [3.8, 4) is 5.75 Å². The van der Waals surface area contributed by atoms with E-state index in [1.54, 1.807) is 30.3 Å². The Morgan fingerprint density at radius 1 is 1.30 bits per heavy atom.